The molecule has 1 atom stereocenters. The van der Waals surface area contributed by atoms with Gasteiger partial charge in [0.05, 0.1) is 18.5 Å². The van der Waals surface area contributed by atoms with Gasteiger partial charge in [-0.2, -0.15) is 4.68 Å². The zero-order valence-corrected chi connectivity index (χ0v) is 17.2. The first-order valence-corrected chi connectivity index (χ1v) is 9.34. The number of aryl methyl sites for hydroxylation is 1. The van der Waals surface area contributed by atoms with E-state index < -0.39 is 23.4 Å². The summed E-state index contributed by atoms with van der Waals surface area (Å²) >= 11 is 6.08. The molecule has 1 N–H and O–H groups in total. The van der Waals surface area contributed by atoms with Crippen molar-refractivity contribution in [3.63, 3.8) is 0 Å². The second kappa shape index (κ2) is 8.96. The molecule has 0 spiro atoms. The predicted molar refractivity (Wildman–Crippen MR) is 111 cm³/mol. The molecule has 0 bridgehead atoms. The maximum Gasteiger partial charge on any atom is 0.271 e. The van der Waals surface area contributed by atoms with E-state index in [1.807, 2.05) is 0 Å². The van der Waals surface area contributed by atoms with Crippen LogP contribution in [0.15, 0.2) is 53.3 Å². The van der Waals surface area contributed by atoms with Gasteiger partial charge < -0.3 is 14.8 Å². The molecule has 1 heterocycles. The van der Waals surface area contributed by atoms with Crippen molar-refractivity contribution in [3.05, 3.63) is 75.3 Å². The van der Waals surface area contributed by atoms with E-state index in [-0.39, 0.29) is 5.88 Å². The summed E-state index contributed by atoms with van der Waals surface area (Å²) in [6.07, 6.45) is -0.933. The van der Waals surface area contributed by atoms with E-state index in [4.69, 9.17) is 21.1 Å². The van der Waals surface area contributed by atoms with Crippen LogP contribution in [0.3, 0.4) is 0 Å². The van der Waals surface area contributed by atoms with Crippen LogP contribution in [0, 0.1) is 12.7 Å². The van der Waals surface area contributed by atoms with Crippen molar-refractivity contribution in [1.29, 1.82) is 0 Å². The summed E-state index contributed by atoms with van der Waals surface area (Å²) in [6.45, 7) is 3.35. The average molecular weight is 432 g/mol. The molecule has 0 aliphatic rings. The van der Waals surface area contributed by atoms with E-state index in [9.17, 15) is 14.0 Å². The maximum atomic E-state index is 13.1. The van der Waals surface area contributed by atoms with Gasteiger partial charge in [0.2, 0.25) is 5.88 Å². The highest BCUT2D eigenvalue weighted by Gasteiger charge is 2.19. The fourth-order valence-electron chi connectivity index (χ4n) is 2.62. The van der Waals surface area contributed by atoms with Gasteiger partial charge in [-0.3, -0.25) is 9.59 Å². The monoisotopic (exact) mass is 431 g/mol. The first kappa shape index (κ1) is 21.3. The van der Waals surface area contributed by atoms with Crippen molar-refractivity contribution in [1.82, 2.24) is 9.78 Å². The van der Waals surface area contributed by atoms with Gasteiger partial charge >= 0.3 is 0 Å². The summed E-state index contributed by atoms with van der Waals surface area (Å²) in [4.78, 5) is 24.7. The number of rotatable bonds is 6. The summed E-state index contributed by atoms with van der Waals surface area (Å²) in [5.41, 5.74) is 1.16. The van der Waals surface area contributed by atoms with E-state index >= 15 is 0 Å². The molecule has 1 amide bonds. The number of hydrogen-bond donors (Lipinski definition) is 1. The summed E-state index contributed by atoms with van der Waals surface area (Å²) in [5.74, 6) is -0.413. The standard InChI is InChI=1S/C21H19ClFN3O4/c1-12-10-17(18(29-3)11-16(12)22)24-21(28)13(2)30-19-8-9-20(27)26(25-19)15-6-4-14(23)5-7-15/h4-11,13H,1-3H3,(H,24,28)/t13-/m0/s1. The van der Waals surface area contributed by atoms with Crippen LogP contribution in [0.2, 0.25) is 5.02 Å². The zero-order valence-electron chi connectivity index (χ0n) is 16.5. The van der Waals surface area contributed by atoms with E-state index in [1.54, 1.807) is 26.0 Å². The molecule has 7 nitrogen and oxygen atoms in total. The van der Waals surface area contributed by atoms with Crippen molar-refractivity contribution in [3.8, 4) is 17.3 Å². The lowest BCUT2D eigenvalue weighted by Crippen LogP contribution is -2.31. The number of nitrogens with one attached hydrogen (secondary N) is 1. The van der Waals surface area contributed by atoms with Crippen molar-refractivity contribution in [2.75, 3.05) is 12.4 Å². The van der Waals surface area contributed by atoms with Gasteiger partial charge in [0.15, 0.2) is 6.10 Å². The Morgan fingerprint density at radius 2 is 1.90 bits per heavy atom. The van der Waals surface area contributed by atoms with Crippen LogP contribution in [-0.2, 0) is 4.79 Å². The number of methoxy groups -OCH3 is 1. The highest BCUT2D eigenvalue weighted by atomic mass is 35.5. The van der Waals surface area contributed by atoms with Crippen LogP contribution >= 0.6 is 11.6 Å². The van der Waals surface area contributed by atoms with Gasteiger partial charge in [0.1, 0.15) is 11.6 Å². The quantitative estimate of drug-likeness (QED) is 0.642. The summed E-state index contributed by atoms with van der Waals surface area (Å²) < 4.78 is 25.0. The summed E-state index contributed by atoms with van der Waals surface area (Å²) in [5, 5.41) is 7.34. The molecule has 0 fully saturated rings. The third kappa shape index (κ3) is 4.77. The Balaban J connectivity index is 1.77. The topological polar surface area (TPSA) is 82.5 Å². The summed E-state index contributed by atoms with van der Waals surface area (Å²) in [6, 6.07) is 11.2. The third-order valence-corrected chi connectivity index (χ3v) is 4.66. The number of anilines is 1. The van der Waals surface area contributed by atoms with Crippen molar-refractivity contribution >= 4 is 23.2 Å². The number of carbonyl (C=O) groups excluding carboxylic acids is 1. The average Bonchev–Trinajstić information content (AvgIpc) is 2.72. The van der Waals surface area contributed by atoms with Crippen LogP contribution in [0.25, 0.3) is 5.69 Å². The van der Waals surface area contributed by atoms with E-state index in [0.29, 0.717) is 22.1 Å². The van der Waals surface area contributed by atoms with Crippen LogP contribution in [-0.4, -0.2) is 28.9 Å². The number of benzene rings is 2. The first-order valence-electron chi connectivity index (χ1n) is 8.96. The van der Waals surface area contributed by atoms with Crippen molar-refractivity contribution in [2.45, 2.75) is 20.0 Å². The largest absolute Gasteiger partial charge is 0.495 e. The Labute approximate surface area is 177 Å². The second-order valence-electron chi connectivity index (χ2n) is 6.45. The van der Waals surface area contributed by atoms with Gasteiger partial charge in [0.25, 0.3) is 11.5 Å². The van der Waals surface area contributed by atoms with Crippen LogP contribution in [0.5, 0.6) is 11.6 Å². The van der Waals surface area contributed by atoms with Gasteiger partial charge in [-0.1, -0.05) is 11.6 Å². The molecule has 1 aromatic heterocycles. The molecule has 3 rings (SSSR count). The van der Waals surface area contributed by atoms with Gasteiger partial charge in [-0.15, -0.1) is 5.10 Å². The zero-order chi connectivity index (χ0) is 21.8. The first-order chi connectivity index (χ1) is 14.3. The van der Waals surface area contributed by atoms with Crippen LogP contribution in [0.1, 0.15) is 12.5 Å². The number of amides is 1. The fraction of sp³-hybridized carbons (Fsp3) is 0.190. The highest BCUT2D eigenvalue weighted by molar-refractivity contribution is 6.31. The Morgan fingerprint density at radius 3 is 2.57 bits per heavy atom. The van der Waals surface area contributed by atoms with Crippen LogP contribution in [0.4, 0.5) is 10.1 Å². The molecule has 3 aromatic rings. The normalized spacial score (nSPS) is 11.6. The second-order valence-corrected chi connectivity index (χ2v) is 6.86. The van der Waals surface area contributed by atoms with Gasteiger partial charge in [0, 0.05) is 23.2 Å². The molecule has 0 aliphatic carbocycles. The number of nitrogens with zero attached hydrogens (tertiary/aromatic N) is 2. The fourth-order valence-corrected chi connectivity index (χ4v) is 2.78. The Hall–Kier alpha value is -3.39. The number of aromatic nitrogens is 2. The molecule has 30 heavy (non-hydrogen) atoms. The molecule has 2 aromatic carbocycles. The Bertz CT molecular complexity index is 1130. The molecular formula is C21H19ClFN3O4. The number of ether oxygens (including phenoxy) is 2. The molecule has 9 heteroatoms. The third-order valence-electron chi connectivity index (χ3n) is 4.25. The summed E-state index contributed by atoms with van der Waals surface area (Å²) in [7, 11) is 1.47. The number of halogens is 2. The number of carbonyl (C=O) groups is 1. The van der Waals surface area contributed by atoms with E-state index in [0.717, 1.165) is 10.2 Å². The molecular weight excluding hydrogens is 413 g/mol. The molecule has 0 aliphatic heterocycles. The molecule has 0 saturated heterocycles. The predicted octanol–water partition coefficient (Wildman–Crippen LogP) is 3.75. The van der Waals surface area contributed by atoms with Crippen LogP contribution < -0.4 is 20.3 Å². The minimum absolute atomic E-state index is 0.0563. The van der Waals surface area contributed by atoms with Crippen molar-refractivity contribution < 1.29 is 18.7 Å². The molecule has 0 radical (unpaired) electrons. The molecule has 156 valence electrons. The number of hydrogen-bond acceptors (Lipinski definition) is 5. The lowest BCUT2D eigenvalue weighted by Gasteiger charge is -2.17. The SMILES string of the molecule is COc1cc(Cl)c(C)cc1NC(=O)[C@H](C)Oc1ccc(=O)n(-c2ccc(F)cc2)n1. The molecule has 0 saturated carbocycles. The van der Waals surface area contributed by atoms with E-state index in [2.05, 4.69) is 10.4 Å². The highest BCUT2D eigenvalue weighted by Crippen LogP contribution is 2.31. The Morgan fingerprint density at radius 1 is 1.20 bits per heavy atom. The van der Waals surface area contributed by atoms with Gasteiger partial charge in [-0.05, 0) is 49.7 Å². The molecule has 0 unspecified atom stereocenters. The smallest absolute Gasteiger partial charge is 0.271 e. The lowest BCUT2D eigenvalue weighted by molar-refractivity contribution is -0.122. The minimum Gasteiger partial charge on any atom is -0.495 e. The maximum absolute atomic E-state index is 13.1. The minimum atomic E-state index is -0.933. The lowest BCUT2D eigenvalue weighted by atomic mass is 10.2. The van der Waals surface area contributed by atoms with Crippen molar-refractivity contribution in [2.24, 2.45) is 0 Å². The Kier molecular flexibility index (Phi) is 6.37. The van der Waals surface area contributed by atoms with E-state index in [1.165, 1.54) is 43.5 Å². The van der Waals surface area contributed by atoms with Gasteiger partial charge in [-0.25, -0.2) is 4.39 Å².